The third kappa shape index (κ3) is 7.32. The Morgan fingerprint density at radius 2 is 1.65 bits per heavy atom. The van der Waals surface area contributed by atoms with Gasteiger partial charge in [-0.1, -0.05) is 79.4 Å². The average molecular weight is 918 g/mol. The molecule has 4 fully saturated rings. The molecular weight excluding hydrogens is 867 g/mol. The number of likely N-dealkylation sites (tertiary alicyclic amines) is 1. The minimum Gasteiger partial charge on any atom is -0.339 e. The maximum atomic E-state index is 16.3. The van der Waals surface area contributed by atoms with Crippen molar-refractivity contribution in [3.63, 3.8) is 0 Å². The van der Waals surface area contributed by atoms with Crippen molar-refractivity contribution in [2.45, 2.75) is 106 Å². The van der Waals surface area contributed by atoms with E-state index < -0.39 is 40.7 Å². The van der Waals surface area contributed by atoms with Gasteiger partial charge in [0.05, 0.1) is 11.1 Å². The summed E-state index contributed by atoms with van der Waals surface area (Å²) in [7, 11) is 0. The molecular formula is C51H51Cl2FN6O5. The number of hydrogen-bond donors (Lipinski definition) is 4. The zero-order valence-electron chi connectivity index (χ0n) is 36.0. The first-order chi connectivity index (χ1) is 31.4. The van der Waals surface area contributed by atoms with Crippen LogP contribution in [0.25, 0.3) is 0 Å². The van der Waals surface area contributed by atoms with Crippen molar-refractivity contribution >= 4 is 64.1 Å². The first-order valence-electron chi connectivity index (χ1n) is 22.8. The van der Waals surface area contributed by atoms with E-state index in [0.29, 0.717) is 90.0 Å². The van der Waals surface area contributed by atoms with Crippen LogP contribution in [0.3, 0.4) is 0 Å². The molecule has 0 radical (unpaired) electrons. The Morgan fingerprint density at radius 1 is 0.892 bits per heavy atom. The van der Waals surface area contributed by atoms with Gasteiger partial charge in [0, 0.05) is 64.3 Å². The van der Waals surface area contributed by atoms with Gasteiger partial charge in [0.25, 0.3) is 11.8 Å². The smallest absolute Gasteiger partial charge is 0.255 e. The molecule has 10 rings (SSSR count). The number of allylic oxidation sites excluding steroid dienone is 1. The SMILES string of the molecule is C=C1CCC(N2Cc3c(CCC4CCN(C(=O)c5ccc(NC(=O)[C@@H]6NC7(CCCCC7)[C@@]7(C(=O)Nc8cc(Cl)ccc87)[C@H]6c6cccc(Cl)c6F)cc5)CC4)cccc3C2=O)C(=O)N1. The fraction of sp³-hybridized carbons (Fsp3) is 0.392. The van der Waals surface area contributed by atoms with Crippen LogP contribution < -0.4 is 21.3 Å². The molecule has 11 nitrogen and oxygen atoms in total. The van der Waals surface area contributed by atoms with E-state index in [1.54, 1.807) is 53.4 Å². The van der Waals surface area contributed by atoms with Gasteiger partial charge in [0.2, 0.25) is 17.7 Å². The number of carbonyl (C=O) groups excluding carboxylic acids is 5. The summed E-state index contributed by atoms with van der Waals surface area (Å²) in [5, 5.41) is 12.9. The van der Waals surface area contributed by atoms with Crippen molar-refractivity contribution in [2.24, 2.45) is 5.92 Å². The average Bonchev–Trinajstić information content (AvgIpc) is 3.90. The molecule has 0 aromatic heterocycles. The van der Waals surface area contributed by atoms with Crippen LogP contribution in [-0.4, -0.2) is 70.0 Å². The number of rotatable bonds is 8. The van der Waals surface area contributed by atoms with Crippen LogP contribution >= 0.6 is 23.2 Å². The Bertz CT molecular complexity index is 2640. The van der Waals surface area contributed by atoms with Crippen molar-refractivity contribution < 1.29 is 28.4 Å². The van der Waals surface area contributed by atoms with Gasteiger partial charge in [-0.3, -0.25) is 29.3 Å². The lowest BCUT2D eigenvalue weighted by molar-refractivity contribution is -0.126. The van der Waals surface area contributed by atoms with Crippen LogP contribution in [0.2, 0.25) is 10.0 Å². The molecule has 336 valence electrons. The normalized spacial score (nSPS) is 24.9. The molecule has 1 unspecified atom stereocenters. The molecule has 5 amide bonds. The monoisotopic (exact) mass is 916 g/mol. The number of nitrogens with one attached hydrogen (secondary N) is 4. The summed E-state index contributed by atoms with van der Waals surface area (Å²) in [4.78, 5) is 72.8. The van der Waals surface area contributed by atoms with Gasteiger partial charge in [-0.2, -0.15) is 0 Å². The molecule has 5 aliphatic heterocycles. The zero-order chi connectivity index (χ0) is 45.2. The number of piperidine rings is 2. The lowest BCUT2D eigenvalue weighted by atomic mass is 9.55. The fourth-order valence-corrected chi connectivity index (χ4v) is 12.4. The molecule has 14 heteroatoms. The summed E-state index contributed by atoms with van der Waals surface area (Å²) in [5.74, 6) is -2.31. The van der Waals surface area contributed by atoms with Crippen LogP contribution in [-0.2, 0) is 32.8 Å². The number of anilines is 2. The molecule has 1 aliphatic carbocycles. The van der Waals surface area contributed by atoms with Crippen molar-refractivity contribution in [2.75, 3.05) is 23.7 Å². The molecule has 1 saturated carbocycles. The number of hydrogen-bond acceptors (Lipinski definition) is 6. The largest absolute Gasteiger partial charge is 0.339 e. The Morgan fingerprint density at radius 3 is 2.40 bits per heavy atom. The topological polar surface area (TPSA) is 140 Å². The summed E-state index contributed by atoms with van der Waals surface area (Å²) in [6.45, 7) is 5.52. The summed E-state index contributed by atoms with van der Waals surface area (Å²) in [5.41, 5.74) is 3.66. The minimum atomic E-state index is -1.35. The van der Waals surface area contributed by atoms with Crippen molar-refractivity contribution in [3.8, 4) is 0 Å². The Balaban J connectivity index is 0.809. The standard InChI is InChI=1S/C51H51Cl2FN6O5/c1-29-11-20-41(45(61)55-29)60-28-37-31(7-5-8-35(37)48(60)64)13-12-30-21-25-59(26-22-30)47(63)32-14-17-34(18-15-32)56-46(62)44-42(36-9-6-10-39(53)43(36)54)51(50(58-44)23-3-2-4-24-50)38-19-16-33(52)27-40(38)57-49(51)65/h5-10,14-19,27,30,41-42,44,58H,1-4,11-13,20-26,28H2,(H,55,61)(H,56,62)(H,57,65)/t41?,42-,44+,51+/m0/s1. The Labute approximate surface area is 387 Å². The van der Waals surface area contributed by atoms with Gasteiger partial charge in [-0.05, 0) is 128 Å². The second-order valence-corrected chi connectivity index (χ2v) is 19.5. The molecule has 5 heterocycles. The predicted molar refractivity (Wildman–Crippen MR) is 247 cm³/mol. The van der Waals surface area contributed by atoms with Gasteiger partial charge in [0.15, 0.2) is 0 Å². The van der Waals surface area contributed by atoms with E-state index in [4.69, 9.17) is 23.2 Å². The predicted octanol–water partition coefficient (Wildman–Crippen LogP) is 8.65. The molecule has 3 saturated heterocycles. The van der Waals surface area contributed by atoms with Crippen molar-refractivity contribution in [1.82, 2.24) is 20.4 Å². The van der Waals surface area contributed by atoms with Crippen molar-refractivity contribution in [3.05, 3.63) is 140 Å². The number of benzene rings is 4. The van der Waals surface area contributed by atoms with E-state index >= 15 is 4.39 Å². The number of nitrogens with zero attached hydrogens (tertiary/aromatic N) is 2. The van der Waals surface area contributed by atoms with Crippen LogP contribution in [0, 0.1) is 11.7 Å². The zero-order valence-corrected chi connectivity index (χ0v) is 37.5. The summed E-state index contributed by atoms with van der Waals surface area (Å²) in [6.07, 6.45) is 8.52. The summed E-state index contributed by atoms with van der Waals surface area (Å²) >= 11 is 12.8. The lowest BCUT2D eigenvalue weighted by Crippen LogP contribution is -2.60. The lowest BCUT2D eigenvalue weighted by Gasteiger charge is -2.47. The minimum absolute atomic E-state index is 0.0858. The van der Waals surface area contributed by atoms with Gasteiger partial charge < -0.3 is 25.8 Å². The first kappa shape index (κ1) is 43.3. The molecule has 0 bridgehead atoms. The number of carbonyl (C=O) groups is 5. The van der Waals surface area contributed by atoms with Gasteiger partial charge in [-0.15, -0.1) is 0 Å². The van der Waals surface area contributed by atoms with E-state index in [2.05, 4.69) is 33.9 Å². The summed E-state index contributed by atoms with van der Waals surface area (Å²) < 4.78 is 16.3. The molecule has 4 aromatic carbocycles. The number of aryl methyl sites for hydroxylation is 1. The highest BCUT2D eigenvalue weighted by molar-refractivity contribution is 6.31. The highest BCUT2D eigenvalue weighted by atomic mass is 35.5. The van der Waals surface area contributed by atoms with Crippen LogP contribution in [0.5, 0.6) is 0 Å². The Kier molecular flexibility index (Phi) is 11.3. The first-order valence-corrected chi connectivity index (χ1v) is 23.6. The quantitative estimate of drug-likeness (QED) is 0.140. The molecule has 4 aromatic rings. The second kappa shape index (κ2) is 17.0. The van der Waals surface area contributed by atoms with Gasteiger partial charge in [0.1, 0.15) is 17.3 Å². The summed E-state index contributed by atoms with van der Waals surface area (Å²) in [6, 6.07) is 21.2. The molecule has 6 aliphatic rings. The van der Waals surface area contributed by atoms with Gasteiger partial charge in [-0.25, -0.2) is 4.39 Å². The number of fused-ring (bicyclic) bond motifs is 4. The number of amides is 5. The third-order valence-corrected chi connectivity index (χ3v) is 15.7. The highest BCUT2D eigenvalue weighted by Gasteiger charge is 2.72. The van der Waals surface area contributed by atoms with E-state index in [1.807, 2.05) is 23.1 Å². The molecule has 4 N–H and O–H groups in total. The van der Waals surface area contributed by atoms with E-state index in [1.165, 1.54) is 6.07 Å². The van der Waals surface area contributed by atoms with E-state index in [9.17, 15) is 24.0 Å². The highest BCUT2D eigenvalue weighted by Crippen LogP contribution is 2.63. The molecule has 2 spiro atoms. The van der Waals surface area contributed by atoms with Crippen LogP contribution in [0.1, 0.15) is 113 Å². The van der Waals surface area contributed by atoms with E-state index in [-0.39, 0.29) is 34.2 Å². The van der Waals surface area contributed by atoms with Crippen LogP contribution in [0.15, 0.2) is 91.1 Å². The number of halogens is 3. The second-order valence-electron chi connectivity index (χ2n) is 18.7. The maximum Gasteiger partial charge on any atom is 0.255 e. The van der Waals surface area contributed by atoms with Crippen LogP contribution in [0.4, 0.5) is 15.8 Å². The maximum absolute atomic E-state index is 16.3. The van der Waals surface area contributed by atoms with Gasteiger partial charge >= 0.3 is 0 Å². The Hall–Kier alpha value is -5.56. The van der Waals surface area contributed by atoms with Crippen molar-refractivity contribution in [1.29, 1.82) is 0 Å². The van der Waals surface area contributed by atoms with E-state index in [0.717, 1.165) is 56.1 Å². The fourth-order valence-electron chi connectivity index (χ4n) is 12.1. The molecule has 4 atom stereocenters. The molecule has 65 heavy (non-hydrogen) atoms. The third-order valence-electron chi connectivity index (χ3n) is 15.2.